The number of aliphatic hydroxyl groups excluding tert-OH is 1. The number of aromatic nitrogens is 1. The molecule has 5 heteroatoms. The van der Waals surface area contributed by atoms with E-state index in [0.717, 1.165) is 16.8 Å². The monoisotopic (exact) mass is 937 g/mol. The summed E-state index contributed by atoms with van der Waals surface area (Å²) < 4.78 is 1.43. The molecular formula is C50H66IrNO2S-. The van der Waals surface area contributed by atoms with Crippen molar-refractivity contribution >= 4 is 48.8 Å². The van der Waals surface area contributed by atoms with Crippen LogP contribution < -0.4 is 0 Å². The number of carbonyl (C=O) groups is 1. The zero-order chi connectivity index (χ0) is 39.9. The van der Waals surface area contributed by atoms with Crippen LogP contribution in [0.4, 0.5) is 0 Å². The molecule has 1 aliphatic rings. The smallest absolute Gasteiger partial charge is 0.162 e. The Hall–Kier alpha value is -2.85. The van der Waals surface area contributed by atoms with Crippen LogP contribution >= 0.6 is 11.3 Å². The molecule has 3 aromatic carbocycles. The van der Waals surface area contributed by atoms with Gasteiger partial charge in [0.15, 0.2) is 5.78 Å². The van der Waals surface area contributed by atoms with Gasteiger partial charge in [-0.1, -0.05) is 121 Å². The third-order valence-corrected chi connectivity index (χ3v) is 13.0. The van der Waals surface area contributed by atoms with Crippen LogP contribution in [0.2, 0.25) is 0 Å². The topological polar surface area (TPSA) is 50.2 Å². The number of rotatable bonds is 9. The fourth-order valence-electron chi connectivity index (χ4n) is 10.3. The molecule has 1 aliphatic carbocycles. The molecule has 55 heavy (non-hydrogen) atoms. The van der Waals surface area contributed by atoms with E-state index in [1.165, 1.54) is 62.5 Å². The van der Waals surface area contributed by atoms with Crippen molar-refractivity contribution in [3.63, 3.8) is 0 Å². The van der Waals surface area contributed by atoms with Gasteiger partial charge in [-0.15, -0.1) is 46.2 Å². The summed E-state index contributed by atoms with van der Waals surface area (Å²) in [5, 5.41) is 16.8. The molecule has 0 bridgehead atoms. The molecule has 0 unspecified atom stereocenters. The quantitative estimate of drug-likeness (QED) is 0.0693. The summed E-state index contributed by atoms with van der Waals surface area (Å²) >= 11 is 2.03. The van der Waals surface area contributed by atoms with Crippen LogP contribution in [-0.4, -0.2) is 15.9 Å². The normalized spacial score (nSPS) is 16.2. The first kappa shape index (κ1) is 44.9. The Morgan fingerprint density at radius 2 is 1.33 bits per heavy atom. The van der Waals surface area contributed by atoms with E-state index in [1.54, 1.807) is 4.88 Å². The molecule has 2 aromatic heterocycles. The summed E-state index contributed by atoms with van der Waals surface area (Å²) in [6.45, 7) is 30.7. The maximum atomic E-state index is 12.3. The molecule has 1 saturated carbocycles. The van der Waals surface area contributed by atoms with Crippen molar-refractivity contribution < 1.29 is 30.0 Å². The number of fused-ring (bicyclic) bond motifs is 5. The largest absolute Gasteiger partial charge is 0.512 e. The Morgan fingerprint density at radius 1 is 0.782 bits per heavy atom. The summed E-state index contributed by atoms with van der Waals surface area (Å²) in [4.78, 5) is 18.7. The number of hydrogen-bond acceptors (Lipinski definition) is 4. The number of nitrogens with zero attached hydrogens (tertiary/aromatic N) is 1. The van der Waals surface area contributed by atoms with Crippen LogP contribution in [0.1, 0.15) is 124 Å². The molecule has 2 heterocycles. The number of pyridine rings is 1. The minimum Gasteiger partial charge on any atom is -0.512 e. The Morgan fingerprint density at radius 3 is 1.89 bits per heavy atom. The summed E-state index contributed by atoms with van der Waals surface area (Å²) in [5.74, 6) is 2.28. The SMILES string of the molecule is CC(C)C(C(=O)/C=C(\O)C(C(C)C)C(C)C)C(C)C.Cc1[c-]c(-c2nccc3c2ccc2c3ccc3cc(C4CC(C)(C)CC(C)(C)C4)sc32)cc(C)c1.[Ir]. The molecule has 0 saturated heterocycles. The van der Waals surface area contributed by atoms with E-state index < -0.39 is 0 Å². The Bertz CT molecular complexity index is 2100. The number of thiophene rings is 1. The molecule has 0 atom stereocenters. The van der Waals surface area contributed by atoms with Crippen molar-refractivity contribution in [3.05, 3.63) is 88.6 Å². The first-order chi connectivity index (χ1) is 25.2. The number of benzene rings is 3. The third kappa shape index (κ3) is 10.4. The molecule has 1 radical (unpaired) electrons. The van der Waals surface area contributed by atoms with Crippen LogP contribution in [-0.2, 0) is 24.9 Å². The second-order valence-electron chi connectivity index (χ2n) is 19.4. The second-order valence-corrected chi connectivity index (χ2v) is 20.5. The van der Waals surface area contributed by atoms with E-state index in [1.807, 2.05) is 17.5 Å². The molecule has 5 aromatic rings. The predicted molar refractivity (Wildman–Crippen MR) is 235 cm³/mol. The molecule has 1 fully saturated rings. The standard InChI is InChI=1S/C33H34NS.C17H32O2.Ir/c1-20-13-21(2)15-23(14-20)30-27-9-10-28-25(26(27)11-12-34-30)8-7-22-16-29(35-31(22)28)24-17-32(3,4)19-33(5,6)18-24;1-10(2)16(11(3)4)14(18)9-15(19)17(12(5)6)13(7)8;/h7-14,16,24H,17-19H2,1-6H3;9-13,16-18H,1-8H3;/q-1;;/b;14-9-;. The Labute approximate surface area is 350 Å². The van der Waals surface area contributed by atoms with E-state index >= 15 is 0 Å². The molecule has 1 N–H and O–H groups in total. The first-order valence-corrected chi connectivity index (χ1v) is 21.2. The molecule has 6 rings (SSSR count). The van der Waals surface area contributed by atoms with Crippen LogP contribution in [0.25, 0.3) is 42.9 Å². The van der Waals surface area contributed by atoms with Crippen molar-refractivity contribution in [3.8, 4) is 11.3 Å². The number of hydrogen-bond donors (Lipinski definition) is 1. The Balaban J connectivity index is 0.000000290. The van der Waals surface area contributed by atoms with Crippen molar-refractivity contribution in [1.29, 1.82) is 0 Å². The van der Waals surface area contributed by atoms with Gasteiger partial charge < -0.3 is 10.1 Å². The third-order valence-electron chi connectivity index (χ3n) is 11.6. The average molecular weight is 937 g/mol. The van der Waals surface area contributed by atoms with Gasteiger partial charge in [-0.2, -0.15) is 0 Å². The van der Waals surface area contributed by atoms with Crippen LogP contribution in [0, 0.1) is 66.3 Å². The molecular weight excluding hydrogens is 871 g/mol. The van der Waals surface area contributed by atoms with Crippen molar-refractivity contribution in [2.24, 2.45) is 46.3 Å². The maximum Gasteiger partial charge on any atom is 0.162 e. The van der Waals surface area contributed by atoms with E-state index in [9.17, 15) is 9.90 Å². The molecule has 0 amide bonds. The number of allylic oxidation sites excluding steroid dienone is 2. The minimum absolute atomic E-state index is 0. The Kier molecular flexibility index (Phi) is 14.5. The second kappa shape index (κ2) is 17.7. The van der Waals surface area contributed by atoms with Gasteiger partial charge in [0.05, 0.1) is 5.76 Å². The number of aliphatic hydroxyl groups is 1. The summed E-state index contributed by atoms with van der Waals surface area (Å²) in [7, 11) is 0. The zero-order valence-electron chi connectivity index (χ0n) is 36.0. The van der Waals surface area contributed by atoms with Gasteiger partial charge in [0, 0.05) is 59.2 Å². The van der Waals surface area contributed by atoms with Crippen LogP contribution in [0.3, 0.4) is 0 Å². The van der Waals surface area contributed by atoms with Crippen LogP contribution in [0.5, 0.6) is 0 Å². The maximum absolute atomic E-state index is 12.3. The van der Waals surface area contributed by atoms with E-state index in [-0.39, 0.29) is 43.5 Å². The molecule has 3 nitrogen and oxygen atoms in total. The molecule has 299 valence electrons. The van der Waals surface area contributed by atoms with E-state index in [4.69, 9.17) is 4.98 Å². The van der Waals surface area contributed by atoms with Crippen molar-refractivity contribution in [1.82, 2.24) is 4.98 Å². The first-order valence-electron chi connectivity index (χ1n) is 20.4. The molecule has 0 spiro atoms. The summed E-state index contributed by atoms with van der Waals surface area (Å²) in [6, 6.07) is 21.8. The summed E-state index contributed by atoms with van der Waals surface area (Å²) in [6.07, 6.45) is 7.32. The van der Waals surface area contributed by atoms with Gasteiger partial charge in [-0.25, -0.2) is 0 Å². The fraction of sp³-hybridized carbons (Fsp3) is 0.520. The van der Waals surface area contributed by atoms with E-state index in [0.29, 0.717) is 40.4 Å². The van der Waals surface area contributed by atoms with Crippen molar-refractivity contribution in [2.45, 2.75) is 122 Å². The van der Waals surface area contributed by atoms with Crippen molar-refractivity contribution in [2.75, 3.05) is 0 Å². The van der Waals surface area contributed by atoms with Gasteiger partial charge >= 0.3 is 0 Å². The average Bonchev–Trinajstić information content (AvgIpc) is 3.47. The number of aryl methyl sites for hydroxylation is 2. The number of ketones is 1. The fourth-order valence-corrected chi connectivity index (χ4v) is 11.6. The number of carbonyl (C=O) groups excluding carboxylic acids is 1. The van der Waals surface area contributed by atoms with Gasteiger partial charge in [0.25, 0.3) is 0 Å². The summed E-state index contributed by atoms with van der Waals surface area (Å²) in [5.41, 5.74) is 5.30. The van der Waals surface area contributed by atoms with Gasteiger partial charge in [0.1, 0.15) is 0 Å². The minimum atomic E-state index is -0.0119. The van der Waals surface area contributed by atoms with E-state index in [2.05, 4.69) is 152 Å². The molecule has 0 aliphatic heterocycles. The van der Waals surface area contributed by atoms with Gasteiger partial charge in [-0.05, 0) is 99.1 Å². The van der Waals surface area contributed by atoms with Gasteiger partial charge in [-0.3, -0.25) is 4.79 Å². The van der Waals surface area contributed by atoms with Gasteiger partial charge in [0.2, 0.25) is 0 Å². The zero-order valence-corrected chi connectivity index (χ0v) is 39.2. The predicted octanol–water partition coefficient (Wildman–Crippen LogP) is 14.9. The van der Waals surface area contributed by atoms with Crippen LogP contribution in [0.15, 0.2) is 66.6 Å².